The Labute approximate surface area is 103 Å². The fourth-order valence-electron chi connectivity index (χ4n) is 3.76. The Balaban J connectivity index is 2.25. The van der Waals surface area contributed by atoms with E-state index in [2.05, 4.69) is 19.2 Å². The number of rotatable bonds is 2. The van der Waals surface area contributed by atoms with Crippen LogP contribution in [0.1, 0.15) is 39.5 Å². The molecule has 2 rings (SSSR count). The summed E-state index contributed by atoms with van der Waals surface area (Å²) < 4.78 is 4.95. The minimum atomic E-state index is -0.888. The Bertz CT molecular complexity index is 311. The number of nitrogens with one attached hydrogen (secondary N) is 1. The van der Waals surface area contributed by atoms with E-state index in [0.29, 0.717) is 12.8 Å². The molecule has 2 fully saturated rings. The molecule has 1 saturated carbocycles. The zero-order chi connectivity index (χ0) is 12.7. The van der Waals surface area contributed by atoms with Crippen LogP contribution in [0.4, 0.5) is 0 Å². The first-order chi connectivity index (χ1) is 7.85. The second-order valence-corrected chi connectivity index (χ2v) is 6.37. The molecule has 0 atom stereocenters. The zero-order valence-corrected chi connectivity index (χ0v) is 11.0. The lowest BCUT2D eigenvalue weighted by Crippen LogP contribution is -2.65. The van der Waals surface area contributed by atoms with Crippen molar-refractivity contribution in [1.29, 1.82) is 0 Å². The molecule has 0 spiro atoms. The van der Waals surface area contributed by atoms with E-state index in [4.69, 9.17) is 4.74 Å². The molecule has 4 nitrogen and oxygen atoms in total. The van der Waals surface area contributed by atoms with Gasteiger partial charge in [0.15, 0.2) is 0 Å². The third kappa shape index (κ3) is 1.87. The summed E-state index contributed by atoms with van der Waals surface area (Å²) in [5, 5.41) is 14.1. The molecule has 2 aliphatic rings. The molecule has 0 aromatic rings. The van der Waals surface area contributed by atoms with Crippen molar-refractivity contribution in [2.24, 2.45) is 10.8 Å². The maximum atomic E-state index is 12.1. The number of piperidine rings is 1. The minimum Gasteiger partial charge on any atom is -0.469 e. The summed E-state index contributed by atoms with van der Waals surface area (Å²) in [6, 6.07) is 0. The Morgan fingerprint density at radius 1 is 1.24 bits per heavy atom. The first kappa shape index (κ1) is 12.8. The van der Waals surface area contributed by atoms with Crippen LogP contribution >= 0.6 is 0 Å². The average molecular weight is 241 g/mol. The molecule has 1 aliphatic carbocycles. The molecule has 0 radical (unpaired) electrons. The van der Waals surface area contributed by atoms with Crippen molar-refractivity contribution in [2.75, 3.05) is 20.2 Å². The third-order valence-corrected chi connectivity index (χ3v) is 4.46. The molecular weight excluding hydrogens is 218 g/mol. The van der Waals surface area contributed by atoms with E-state index in [0.717, 1.165) is 25.9 Å². The molecule has 98 valence electrons. The second kappa shape index (κ2) is 3.95. The summed E-state index contributed by atoms with van der Waals surface area (Å²) in [7, 11) is 1.42. The van der Waals surface area contributed by atoms with Gasteiger partial charge in [0.2, 0.25) is 0 Å². The van der Waals surface area contributed by atoms with Gasteiger partial charge >= 0.3 is 5.97 Å². The van der Waals surface area contributed by atoms with E-state index < -0.39 is 11.0 Å². The topological polar surface area (TPSA) is 58.6 Å². The normalized spacial score (nSPS) is 29.2. The molecule has 0 aromatic heterocycles. The number of methoxy groups -OCH3 is 1. The fraction of sp³-hybridized carbons (Fsp3) is 0.923. The maximum absolute atomic E-state index is 12.1. The molecule has 0 amide bonds. The van der Waals surface area contributed by atoms with Crippen LogP contribution in [0, 0.1) is 10.8 Å². The van der Waals surface area contributed by atoms with Gasteiger partial charge in [0, 0.05) is 0 Å². The van der Waals surface area contributed by atoms with Crippen LogP contribution in [-0.4, -0.2) is 36.9 Å². The molecule has 0 bridgehead atoms. The van der Waals surface area contributed by atoms with Crippen LogP contribution in [-0.2, 0) is 9.53 Å². The summed E-state index contributed by atoms with van der Waals surface area (Å²) in [4.78, 5) is 12.1. The predicted octanol–water partition coefficient (Wildman–Crippen LogP) is 1.08. The van der Waals surface area contributed by atoms with Crippen LogP contribution in [0.15, 0.2) is 0 Å². The molecule has 17 heavy (non-hydrogen) atoms. The smallest absolute Gasteiger partial charge is 0.314 e. The van der Waals surface area contributed by atoms with Gasteiger partial charge in [-0.2, -0.15) is 0 Å². The van der Waals surface area contributed by atoms with Crippen molar-refractivity contribution in [3.8, 4) is 0 Å². The number of carbonyl (C=O) groups excluding carboxylic acids is 1. The van der Waals surface area contributed by atoms with Crippen LogP contribution in [0.5, 0.6) is 0 Å². The molecule has 4 heteroatoms. The second-order valence-electron chi connectivity index (χ2n) is 6.37. The van der Waals surface area contributed by atoms with E-state index in [1.165, 1.54) is 7.11 Å². The Morgan fingerprint density at radius 2 is 1.76 bits per heavy atom. The zero-order valence-electron chi connectivity index (χ0n) is 11.0. The largest absolute Gasteiger partial charge is 0.469 e. The highest BCUT2D eigenvalue weighted by atomic mass is 16.5. The van der Waals surface area contributed by atoms with Gasteiger partial charge in [-0.15, -0.1) is 0 Å². The van der Waals surface area contributed by atoms with Crippen LogP contribution in [0.2, 0.25) is 0 Å². The van der Waals surface area contributed by atoms with Gasteiger partial charge < -0.3 is 15.2 Å². The number of carbonyl (C=O) groups is 1. The Kier molecular flexibility index (Phi) is 2.99. The van der Waals surface area contributed by atoms with Gasteiger partial charge in [-0.25, -0.2) is 0 Å². The number of ether oxygens (including phenoxy) is 1. The Morgan fingerprint density at radius 3 is 2.18 bits per heavy atom. The van der Waals surface area contributed by atoms with Crippen LogP contribution in [0.3, 0.4) is 0 Å². The Hall–Kier alpha value is -0.610. The van der Waals surface area contributed by atoms with E-state index >= 15 is 0 Å². The van der Waals surface area contributed by atoms with Gasteiger partial charge in [0.25, 0.3) is 0 Å². The monoisotopic (exact) mass is 241 g/mol. The SMILES string of the molecule is COC(=O)C1(C2(O)CCNCC2)CC(C)(C)C1. The summed E-state index contributed by atoms with van der Waals surface area (Å²) >= 11 is 0. The maximum Gasteiger partial charge on any atom is 0.314 e. The number of hydrogen-bond acceptors (Lipinski definition) is 4. The first-order valence-electron chi connectivity index (χ1n) is 6.37. The summed E-state index contributed by atoms with van der Waals surface area (Å²) in [6.07, 6.45) is 2.72. The lowest BCUT2D eigenvalue weighted by atomic mass is 9.46. The number of esters is 1. The van der Waals surface area contributed by atoms with Crippen molar-refractivity contribution in [2.45, 2.75) is 45.1 Å². The van der Waals surface area contributed by atoms with E-state index in [-0.39, 0.29) is 11.4 Å². The predicted molar refractivity (Wildman–Crippen MR) is 64.5 cm³/mol. The molecular formula is C13H23NO3. The average Bonchev–Trinajstić information content (AvgIpc) is 2.25. The summed E-state index contributed by atoms with van der Waals surface area (Å²) in [5.74, 6) is -0.235. The summed E-state index contributed by atoms with van der Waals surface area (Å²) in [5.41, 5.74) is -1.43. The third-order valence-electron chi connectivity index (χ3n) is 4.46. The van der Waals surface area contributed by atoms with Crippen molar-refractivity contribution in [3.05, 3.63) is 0 Å². The first-order valence-corrected chi connectivity index (χ1v) is 6.37. The van der Waals surface area contributed by atoms with E-state index in [1.54, 1.807) is 0 Å². The molecule has 0 aromatic carbocycles. The van der Waals surface area contributed by atoms with Crippen LogP contribution < -0.4 is 5.32 Å². The van der Waals surface area contributed by atoms with Gasteiger partial charge in [0.1, 0.15) is 0 Å². The van der Waals surface area contributed by atoms with Gasteiger partial charge in [-0.1, -0.05) is 13.8 Å². The van der Waals surface area contributed by atoms with Gasteiger partial charge in [0.05, 0.1) is 18.1 Å². The molecule has 1 aliphatic heterocycles. The lowest BCUT2D eigenvalue weighted by Gasteiger charge is -2.59. The van der Waals surface area contributed by atoms with Crippen LogP contribution in [0.25, 0.3) is 0 Å². The lowest BCUT2D eigenvalue weighted by molar-refractivity contribution is -0.214. The molecule has 0 unspecified atom stereocenters. The van der Waals surface area contributed by atoms with Gasteiger partial charge in [-0.3, -0.25) is 4.79 Å². The number of aliphatic hydroxyl groups is 1. The van der Waals surface area contributed by atoms with E-state index in [1.807, 2.05) is 0 Å². The molecule has 1 saturated heterocycles. The van der Waals surface area contributed by atoms with Gasteiger partial charge in [-0.05, 0) is 44.2 Å². The van der Waals surface area contributed by atoms with Crippen molar-refractivity contribution in [3.63, 3.8) is 0 Å². The standard InChI is InChI=1S/C13H23NO3/c1-11(2)8-12(9-11,10(15)17-3)13(16)4-6-14-7-5-13/h14,16H,4-9H2,1-3H3. The summed E-state index contributed by atoms with van der Waals surface area (Å²) in [6.45, 7) is 5.82. The van der Waals surface area contributed by atoms with Crippen molar-refractivity contribution in [1.82, 2.24) is 5.32 Å². The highest BCUT2D eigenvalue weighted by Gasteiger charge is 2.65. The quantitative estimate of drug-likeness (QED) is 0.710. The van der Waals surface area contributed by atoms with Crippen molar-refractivity contribution < 1.29 is 14.6 Å². The van der Waals surface area contributed by atoms with Crippen molar-refractivity contribution >= 4 is 5.97 Å². The highest BCUT2D eigenvalue weighted by Crippen LogP contribution is 2.61. The highest BCUT2D eigenvalue weighted by molar-refractivity contribution is 5.80. The molecule has 2 N–H and O–H groups in total. The number of hydrogen-bond donors (Lipinski definition) is 2. The minimum absolute atomic E-state index is 0.134. The van der Waals surface area contributed by atoms with E-state index in [9.17, 15) is 9.90 Å². The molecule has 1 heterocycles. The fourth-order valence-corrected chi connectivity index (χ4v) is 3.76.